The van der Waals surface area contributed by atoms with Crippen LogP contribution in [-0.4, -0.2) is 108 Å². The molecule has 0 spiro atoms. The van der Waals surface area contributed by atoms with Crippen LogP contribution in [0.4, 0.5) is 44.5 Å². The van der Waals surface area contributed by atoms with E-state index in [2.05, 4.69) is 47.7 Å². The minimum Gasteiger partial charge on any atom is -0.366 e. The fourth-order valence-corrected chi connectivity index (χ4v) is 8.16. The number of likely N-dealkylation sites (tertiary alicyclic amines) is 1. The number of amides is 4. The number of aromatic nitrogens is 4. The van der Waals surface area contributed by atoms with Gasteiger partial charge in [0.05, 0.1) is 20.1 Å². The van der Waals surface area contributed by atoms with Gasteiger partial charge in [0.1, 0.15) is 11.6 Å². The van der Waals surface area contributed by atoms with Gasteiger partial charge in [-0.25, -0.2) is 19.6 Å². The van der Waals surface area contributed by atoms with Crippen LogP contribution < -0.4 is 35.6 Å². The summed E-state index contributed by atoms with van der Waals surface area (Å²) in [5.41, 5.74) is 3.06. The maximum absolute atomic E-state index is 13.1. The number of aryl methyl sites for hydroxylation is 2. The molecule has 2 aromatic carbocycles. The van der Waals surface area contributed by atoms with Crippen LogP contribution in [0.25, 0.3) is 0 Å². The van der Waals surface area contributed by atoms with E-state index in [0.717, 1.165) is 75.0 Å². The van der Waals surface area contributed by atoms with E-state index < -0.39 is 0 Å². The number of urea groups is 2. The summed E-state index contributed by atoms with van der Waals surface area (Å²) >= 11 is 24.2. The molecule has 2 unspecified atom stereocenters. The fourth-order valence-electron chi connectivity index (χ4n) is 7.58. The second-order valence-corrected chi connectivity index (χ2v) is 16.5. The normalized spacial score (nSPS) is 20.1. The van der Waals surface area contributed by atoms with Crippen LogP contribution >= 0.6 is 46.4 Å². The van der Waals surface area contributed by atoms with E-state index in [-0.39, 0.29) is 12.1 Å². The number of benzene rings is 2. The van der Waals surface area contributed by atoms with Gasteiger partial charge in [-0.1, -0.05) is 53.3 Å². The zero-order valence-electron chi connectivity index (χ0n) is 32.8. The quantitative estimate of drug-likeness (QED) is 0.151. The number of likely N-dealkylation sites (N-methyl/N-ethyl adjacent to an activating group) is 1. The third kappa shape index (κ3) is 9.98. The van der Waals surface area contributed by atoms with Crippen LogP contribution in [0.2, 0.25) is 20.1 Å². The molecular formula is C40H48Cl4N12O2. The van der Waals surface area contributed by atoms with E-state index in [1.54, 1.807) is 56.0 Å². The molecule has 4 saturated heterocycles. The molecule has 0 bridgehead atoms. The smallest absolute Gasteiger partial charge is 0.331 e. The van der Waals surface area contributed by atoms with Crippen molar-refractivity contribution < 1.29 is 9.59 Å². The molecule has 4 fully saturated rings. The fraction of sp³-hybridized carbons (Fsp3) is 0.450. The van der Waals surface area contributed by atoms with Crippen LogP contribution in [-0.2, 0) is 0 Å². The first-order chi connectivity index (χ1) is 27.9. The Morgan fingerprint density at radius 2 is 1.14 bits per heavy atom. The Hall–Kier alpha value is -4.18. The van der Waals surface area contributed by atoms with Gasteiger partial charge in [-0.15, -0.1) is 0 Å². The number of anilines is 6. The molecule has 4 amide bonds. The van der Waals surface area contributed by atoms with E-state index in [1.807, 2.05) is 26.0 Å². The number of nitrogens with zero attached hydrogens (tertiary/aromatic N) is 9. The van der Waals surface area contributed by atoms with Crippen molar-refractivity contribution in [3.63, 3.8) is 0 Å². The minimum atomic E-state index is -0.172. The van der Waals surface area contributed by atoms with Gasteiger partial charge < -0.3 is 20.9 Å². The minimum absolute atomic E-state index is 0.167. The predicted octanol–water partition coefficient (Wildman–Crippen LogP) is 8.14. The summed E-state index contributed by atoms with van der Waals surface area (Å²) in [7, 11) is 0. The maximum atomic E-state index is 13.1. The third-order valence-corrected chi connectivity index (χ3v) is 12.0. The number of piperidine rings is 2. The van der Waals surface area contributed by atoms with Crippen molar-refractivity contribution in [3.8, 4) is 0 Å². The summed E-state index contributed by atoms with van der Waals surface area (Å²) in [6, 6.07) is 14.6. The van der Waals surface area contributed by atoms with E-state index in [4.69, 9.17) is 46.4 Å². The number of halogens is 4. The van der Waals surface area contributed by atoms with Crippen LogP contribution in [0.15, 0.2) is 48.5 Å². The van der Waals surface area contributed by atoms with Crippen molar-refractivity contribution in [2.45, 2.75) is 58.5 Å². The molecule has 2 aromatic heterocycles. The van der Waals surface area contributed by atoms with E-state index in [0.29, 0.717) is 81.6 Å². The van der Waals surface area contributed by atoms with Gasteiger partial charge in [0.2, 0.25) is 11.9 Å². The Kier molecular flexibility index (Phi) is 13.6. The number of hydrogen-bond acceptors (Lipinski definition) is 10. The Labute approximate surface area is 359 Å². The Balaban J connectivity index is 0.000000177. The van der Waals surface area contributed by atoms with Crippen molar-refractivity contribution in [2.24, 2.45) is 0 Å². The van der Waals surface area contributed by atoms with Crippen molar-refractivity contribution in [2.75, 3.05) is 89.1 Å². The average Bonchev–Trinajstić information content (AvgIpc) is 3.79. The molecular weight excluding hydrogens is 822 g/mol. The number of carbonyl (C=O) groups is 2. The summed E-state index contributed by atoms with van der Waals surface area (Å²) < 4.78 is 0. The highest BCUT2D eigenvalue weighted by Gasteiger charge is 2.34. The number of hydrogen-bond donors (Lipinski definition) is 3. The molecule has 4 aliphatic rings. The van der Waals surface area contributed by atoms with Gasteiger partial charge in [-0.2, -0.15) is 9.97 Å². The molecule has 2 atom stereocenters. The van der Waals surface area contributed by atoms with Gasteiger partial charge in [0.15, 0.2) is 0 Å². The van der Waals surface area contributed by atoms with Gasteiger partial charge in [-0.05, 0) is 95.6 Å². The average molecular weight is 871 g/mol. The Bertz CT molecular complexity index is 2120. The van der Waals surface area contributed by atoms with Gasteiger partial charge in [-0.3, -0.25) is 19.6 Å². The van der Waals surface area contributed by atoms with Crippen LogP contribution in [0.1, 0.15) is 44.0 Å². The lowest BCUT2D eigenvalue weighted by molar-refractivity contribution is 0.226. The molecule has 8 rings (SSSR count). The highest BCUT2D eigenvalue weighted by atomic mass is 35.5. The molecule has 3 N–H and O–H groups in total. The molecule has 4 aliphatic heterocycles. The van der Waals surface area contributed by atoms with Gasteiger partial charge >= 0.3 is 12.1 Å². The SMILES string of the molecule is CCN1CCCC(Nc2cc(C)nc(N3CCN(c4ccc(Cl)c(Cl)c4)C3=O)n2)C1.Cc1cc(NC2CCCNC2)nc(N2CCN(c3ccc(Cl)c(Cl)c3)C2=O)n1. The number of rotatable bonds is 9. The lowest BCUT2D eigenvalue weighted by atomic mass is 10.1. The zero-order valence-corrected chi connectivity index (χ0v) is 35.8. The van der Waals surface area contributed by atoms with Crippen molar-refractivity contribution in [3.05, 3.63) is 80.0 Å². The second kappa shape index (κ2) is 18.8. The summed E-state index contributed by atoms with van der Waals surface area (Å²) in [5, 5.41) is 12.2. The highest BCUT2D eigenvalue weighted by Crippen LogP contribution is 2.32. The summed E-state index contributed by atoms with van der Waals surface area (Å²) in [4.78, 5) is 53.3. The lowest BCUT2D eigenvalue weighted by Crippen LogP contribution is -2.42. The second-order valence-electron chi connectivity index (χ2n) is 14.8. The van der Waals surface area contributed by atoms with Crippen molar-refractivity contribution >= 4 is 93.4 Å². The van der Waals surface area contributed by atoms with Crippen molar-refractivity contribution in [1.82, 2.24) is 30.2 Å². The van der Waals surface area contributed by atoms with Crippen LogP contribution in [0.3, 0.4) is 0 Å². The molecule has 14 nitrogen and oxygen atoms in total. The molecule has 308 valence electrons. The summed E-state index contributed by atoms with van der Waals surface area (Å²) in [5.74, 6) is 2.35. The van der Waals surface area contributed by atoms with Gasteiger partial charge in [0, 0.05) is 86.2 Å². The molecule has 0 saturated carbocycles. The lowest BCUT2D eigenvalue weighted by Gasteiger charge is -2.32. The van der Waals surface area contributed by atoms with E-state index in [1.165, 1.54) is 6.42 Å². The summed E-state index contributed by atoms with van der Waals surface area (Å²) in [6.07, 6.45) is 4.52. The molecule has 0 radical (unpaired) electrons. The number of carbonyl (C=O) groups excluding carboxylic acids is 2. The van der Waals surface area contributed by atoms with Crippen molar-refractivity contribution in [1.29, 1.82) is 0 Å². The standard InChI is InChI=1S/C21H26Cl2N6O.C19H22Cl2N6O/c1-3-27-8-4-5-15(13-27)25-19-11-14(2)24-20(26-19)29-10-9-28(21(29)30)16-6-7-17(22)18(23)12-16;1-12-9-17(24-13-3-2-6-22-11-13)25-18(23-12)27-8-7-26(19(27)28)14-4-5-15(20)16(21)10-14/h6-7,11-12,15H,3-5,8-10,13H2,1-2H3,(H,24,25,26);4-5,9-10,13,22H,2-3,6-8,11H2,1H3,(H,23,24,25). The van der Waals surface area contributed by atoms with E-state index in [9.17, 15) is 9.59 Å². The topological polar surface area (TPSA) is 138 Å². The monoisotopic (exact) mass is 868 g/mol. The predicted molar refractivity (Wildman–Crippen MR) is 235 cm³/mol. The molecule has 6 heterocycles. The Morgan fingerprint density at radius 1 is 0.638 bits per heavy atom. The molecule has 18 heteroatoms. The van der Waals surface area contributed by atoms with E-state index >= 15 is 0 Å². The molecule has 4 aromatic rings. The summed E-state index contributed by atoms with van der Waals surface area (Å²) in [6.45, 7) is 13.3. The molecule has 58 heavy (non-hydrogen) atoms. The van der Waals surface area contributed by atoms with Gasteiger partial charge in [0.25, 0.3) is 0 Å². The third-order valence-electron chi connectivity index (χ3n) is 10.6. The maximum Gasteiger partial charge on any atom is 0.331 e. The first-order valence-electron chi connectivity index (χ1n) is 19.7. The number of nitrogens with one attached hydrogen (secondary N) is 3. The molecule has 0 aliphatic carbocycles. The van der Waals surface area contributed by atoms with Crippen LogP contribution in [0.5, 0.6) is 0 Å². The first kappa shape index (κ1) is 42.0. The largest absolute Gasteiger partial charge is 0.366 e. The van der Waals surface area contributed by atoms with Crippen LogP contribution in [0, 0.1) is 13.8 Å². The highest BCUT2D eigenvalue weighted by molar-refractivity contribution is 6.42. The zero-order chi connectivity index (χ0) is 40.9. The first-order valence-corrected chi connectivity index (χ1v) is 21.2. The Morgan fingerprint density at radius 3 is 1.62 bits per heavy atom.